The average molecular weight is 183 g/mol. The number of carbonyl (C=O) groups excluding carboxylic acids is 2. The molecule has 0 atom stereocenters. The maximum Gasteiger partial charge on any atom is 0.336 e. The van der Waals surface area contributed by atoms with Crippen molar-refractivity contribution >= 4 is 11.9 Å². The summed E-state index contributed by atoms with van der Waals surface area (Å²) in [5, 5.41) is 4.03. The van der Waals surface area contributed by atoms with Gasteiger partial charge < -0.3 is 5.32 Å². The van der Waals surface area contributed by atoms with E-state index in [-0.39, 0.29) is 17.9 Å². The Labute approximate surface area is 76.4 Å². The van der Waals surface area contributed by atoms with Crippen molar-refractivity contribution in [2.24, 2.45) is 5.92 Å². The Bertz CT molecular complexity index is 238. The van der Waals surface area contributed by atoms with Crippen molar-refractivity contribution in [3.63, 3.8) is 0 Å². The predicted molar refractivity (Wildman–Crippen MR) is 45.6 cm³/mol. The van der Waals surface area contributed by atoms with Crippen molar-refractivity contribution in [3.05, 3.63) is 0 Å². The molecular weight excluding hydrogens is 170 g/mol. The number of nitrogens with zero attached hydrogens (tertiary/aromatic N) is 1. The normalized spacial score (nSPS) is 22.5. The number of hydrazine groups is 1. The largest absolute Gasteiger partial charge is 0.336 e. The van der Waals surface area contributed by atoms with Crippen molar-refractivity contribution in [3.8, 4) is 0 Å². The zero-order valence-corrected chi connectivity index (χ0v) is 7.38. The van der Waals surface area contributed by atoms with Crippen LogP contribution in [0.4, 0.5) is 4.79 Å². The molecule has 0 bridgehead atoms. The molecule has 0 aromatic carbocycles. The molecule has 0 aromatic heterocycles. The summed E-state index contributed by atoms with van der Waals surface area (Å²) in [5.74, 6) is 0.131. The summed E-state index contributed by atoms with van der Waals surface area (Å²) in [6.07, 6.45) is 2.80. The molecule has 3 amide bonds. The Morgan fingerprint density at radius 3 is 2.92 bits per heavy atom. The third-order valence-corrected chi connectivity index (χ3v) is 2.27. The quantitative estimate of drug-likeness (QED) is 0.625. The van der Waals surface area contributed by atoms with E-state index < -0.39 is 0 Å². The van der Waals surface area contributed by atoms with Gasteiger partial charge in [-0.05, 0) is 19.3 Å². The van der Waals surface area contributed by atoms with Crippen LogP contribution < -0.4 is 10.7 Å². The maximum absolute atomic E-state index is 11.3. The van der Waals surface area contributed by atoms with E-state index in [1.807, 2.05) is 0 Å². The van der Waals surface area contributed by atoms with Gasteiger partial charge in [-0.2, -0.15) is 0 Å². The summed E-state index contributed by atoms with van der Waals surface area (Å²) < 4.78 is 0. The lowest BCUT2D eigenvalue weighted by molar-refractivity contribution is -0.126. The number of urea groups is 1. The van der Waals surface area contributed by atoms with Crippen LogP contribution in [-0.4, -0.2) is 30.0 Å². The number of nitrogens with one attached hydrogen (secondary N) is 2. The van der Waals surface area contributed by atoms with Gasteiger partial charge in [0.25, 0.3) is 0 Å². The topological polar surface area (TPSA) is 61.4 Å². The van der Waals surface area contributed by atoms with Gasteiger partial charge in [0.05, 0.1) is 0 Å². The summed E-state index contributed by atoms with van der Waals surface area (Å²) in [5.41, 5.74) is 2.61. The number of amides is 3. The second-order valence-electron chi connectivity index (χ2n) is 3.49. The Hall–Kier alpha value is -1.26. The first-order valence-corrected chi connectivity index (χ1v) is 4.63. The second-order valence-corrected chi connectivity index (χ2v) is 3.49. The lowest BCUT2D eigenvalue weighted by atomic mass is 10.3. The molecule has 1 aliphatic carbocycles. The standard InChI is InChI=1S/C8H13N3O2/c12-7(6-2-3-6)10-11-5-1-4-9-8(11)13/h6H,1-5H2,(H,9,13)(H,10,12). The number of hydrogen-bond donors (Lipinski definition) is 2. The summed E-state index contributed by atoms with van der Waals surface area (Å²) >= 11 is 0. The summed E-state index contributed by atoms with van der Waals surface area (Å²) in [6.45, 7) is 1.32. The zero-order chi connectivity index (χ0) is 9.26. The van der Waals surface area contributed by atoms with Crippen LogP contribution in [0, 0.1) is 5.92 Å². The van der Waals surface area contributed by atoms with Gasteiger partial charge in [0.1, 0.15) is 0 Å². The van der Waals surface area contributed by atoms with E-state index in [2.05, 4.69) is 10.7 Å². The molecule has 0 spiro atoms. The molecule has 13 heavy (non-hydrogen) atoms. The molecule has 2 N–H and O–H groups in total. The molecule has 2 rings (SSSR count). The molecule has 2 fully saturated rings. The number of carbonyl (C=O) groups is 2. The fraction of sp³-hybridized carbons (Fsp3) is 0.750. The van der Waals surface area contributed by atoms with Gasteiger partial charge in [-0.25, -0.2) is 9.80 Å². The SMILES string of the molecule is O=C(NN1CCCNC1=O)C1CC1. The van der Waals surface area contributed by atoms with Crippen molar-refractivity contribution in [2.45, 2.75) is 19.3 Å². The second kappa shape index (κ2) is 3.24. The highest BCUT2D eigenvalue weighted by molar-refractivity contribution is 5.84. The minimum Gasteiger partial charge on any atom is -0.336 e. The molecule has 1 heterocycles. The van der Waals surface area contributed by atoms with Gasteiger partial charge in [0.2, 0.25) is 5.91 Å². The van der Waals surface area contributed by atoms with Crippen molar-refractivity contribution in [1.82, 2.24) is 15.8 Å². The Morgan fingerprint density at radius 2 is 2.31 bits per heavy atom. The molecular formula is C8H13N3O2. The van der Waals surface area contributed by atoms with Gasteiger partial charge in [-0.1, -0.05) is 0 Å². The molecule has 2 aliphatic rings. The van der Waals surface area contributed by atoms with E-state index in [0.29, 0.717) is 13.1 Å². The molecule has 0 unspecified atom stereocenters. The molecule has 0 aromatic rings. The van der Waals surface area contributed by atoms with Crippen LogP contribution in [-0.2, 0) is 4.79 Å². The summed E-state index contributed by atoms with van der Waals surface area (Å²) in [7, 11) is 0. The molecule has 72 valence electrons. The Balaban J connectivity index is 1.84. The first kappa shape index (κ1) is 8.34. The number of hydrogen-bond acceptors (Lipinski definition) is 2. The van der Waals surface area contributed by atoms with E-state index in [1.165, 1.54) is 5.01 Å². The monoisotopic (exact) mass is 183 g/mol. The lowest BCUT2D eigenvalue weighted by Gasteiger charge is -2.27. The molecule has 1 aliphatic heterocycles. The van der Waals surface area contributed by atoms with Gasteiger partial charge in [0.15, 0.2) is 0 Å². The van der Waals surface area contributed by atoms with E-state index in [9.17, 15) is 9.59 Å². The van der Waals surface area contributed by atoms with Gasteiger partial charge in [-0.3, -0.25) is 10.2 Å². The molecule has 1 saturated carbocycles. The first-order valence-electron chi connectivity index (χ1n) is 4.63. The Morgan fingerprint density at radius 1 is 1.54 bits per heavy atom. The first-order chi connectivity index (χ1) is 6.27. The van der Waals surface area contributed by atoms with E-state index in [1.54, 1.807) is 0 Å². The predicted octanol–water partition coefficient (Wildman–Crippen LogP) is -0.157. The Kier molecular flexibility index (Phi) is 2.08. The third kappa shape index (κ3) is 1.91. The highest BCUT2D eigenvalue weighted by Crippen LogP contribution is 2.28. The summed E-state index contributed by atoms with van der Waals surface area (Å²) in [4.78, 5) is 22.5. The molecule has 5 nitrogen and oxygen atoms in total. The maximum atomic E-state index is 11.3. The van der Waals surface area contributed by atoms with E-state index in [4.69, 9.17) is 0 Å². The van der Waals surface area contributed by atoms with Crippen LogP contribution in [0.3, 0.4) is 0 Å². The van der Waals surface area contributed by atoms with Crippen LogP contribution in [0.25, 0.3) is 0 Å². The third-order valence-electron chi connectivity index (χ3n) is 2.27. The van der Waals surface area contributed by atoms with Gasteiger partial charge in [0, 0.05) is 19.0 Å². The fourth-order valence-electron chi connectivity index (χ4n) is 1.31. The van der Waals surface area contributed by atoms with Crippen LogP contribution in [0.15, 0.2) is 0 Å². The van der Waals surface area contributed by atoms with Gasteiger partial charge >= 0.3 is 6.03 Å². The fourth-order valence-corrected chi connectivity index (χ4v) is 1.31. The van der Waals surface area contributed by atoms with E-state index in [0.717, 1.165) is 19.3 Å². The van der Waals surface area contributed by atoms with Crippen molar-refractivity contribution in [1.29, 1.82) is 0 Å². The molecule has 5 heteroatoms. The average Bonchev–Trinajstić information content (AvgIpc) is 2.91. The minimum atomic E-state index is -0.194. The van der Waals surface area contributed by atoms with Crippen molar-refractivity contribution in [2.75, 3.05) is 13.1 Å². The number of rotatable bonds is 2. The minimum absolute atomic E-state index is 0.0166. The molecule has 1 saturated heterocycles. The van der Waals surface area contributed by atoms with Crippen LogP contribution in [0.5, 0.6) is 0 Å². The van der Waals surface area contributed by atoms with Gasteiger partial charge in [-0.15, -0.1) is 0 Å². The van der Waals surface area contributed by atoms with Crippen molar-refractivity contribution < 1.29 is 9.59 Å². The highest BCUT2D eigenvalue weighted by Gasteiger charge is 2.32. The zero-order valence-electron chi connectivity index (χ0n) is 7.38. The summed E-state index contributed by atoms with van der Waals surface area (Å²) in [6, 6.07) is -0.194. The van der Waals surface area contributed by atoms with Crippen LogP contribution in [0.2, 0.25) is 0 Å². The smallest absolute Gasteiger partial charge is 0.336 e. The lowest BCUT2D eigenvalue weighted by Crippen LogP contribution is -2.55. The molecule has 0 radical (unpaired) electrons. The van der Waals surface area contributed by atoms with Crippen LogP contribution in [0.1, 0.15) is 19.3 Å². The van der Waals surface area contributed by atoms with E-state index >= 15 is 0 Å². The van der Waals surface area contributed by atoms with Crippen LogP contribution >= 0.6 is 0 Å². The highest BCUT2D eigenvalue weighted by atomic mass is 16.2.